The molecule has 0 aliphatic heterocycles. The lowest BCUT2D eigenvalue weighted by atomic mass is 10.0. The third-order valence-corrected chi connectivity index (χ3v) is 1.54. The molecule has 3 N–H and O–H groups in total. The maximum atomic E-state index is 10.2. The van der Waals surface area contributed by atoms with Gasteiger partial charge in [-0.2, -0.15) is 0 Å². The molecule has 0 bridgehead atoms. The second-order valence-corrected chi connectivity index (χ2v) is 2.25. The molecule has 78 valence electrons. The number of hydrogen-bond acceptors (Lipinski definition) is 2. The van der Waals surface area contributed by atoms with Gasteiger partial charge in [0.15, 0.2) is 0 Å². The molecule has 6 heteroatoms. The molecule has 0 spiro atoms. The minimum Gasteiger partial charge on any atom is -0.480 e. The van der Waals surface area contributed by atoms with E-state index in [2.05, 4.69) is 0 Å². The number of carboxylic acid groups (broad SMARTS) is 1. The van der Waals surface area contributed by atoms with E-state index in [0.29, 0.717) is 0 Å². The quantitative estimate of drug-likeness (QED) is 0.789. The van der Waals surface area contributed by atoms with Crippen molar-refractivity contribution in [2.45, 2.75) is 26.3 Å². The van der Waals surface area contributed by atoms with Gasteiger partial charge in [0.25, 0.3) is 0 Å². The molecule has 12 heavy (non-hydrogen) atoms. The van der Waals surface area contributed by atoms with Crippen molar-refractivity contribution in [2.75, 3.05) is 0 Å². The van der Waals surface area contributed by atoms with Crippen LogP contribution in [0.2, 0.25) is 0 Å². The Morgan fingerprint density at radius 2 is 1.75 bits per heavy atom. The molecule has 0 amide bonds. The molecular formula is C6H16Cl3NO2. The van der Waals surface area contributed by atoms with Crippen LogP contribution in [0.5, 0.6) is 0 Å². The zero-order valence-corrected chi connectivity index (χ0v) is 9.47. The van der Waals surface area contributed by atoms with Crippen LogP contribution in [0, 0.1) is 5.92 Å². The van der Waals surface area contributed by atoms with Crippen LogP contribution in [0.3, 0.4) is 0 Å². The molecule has 0 aromatic rings. The molecule has 0 unspecified atom stereocenters. The zero-order valence-electron chi connectivity index (χ0n) is 7.02. The highest BCUT2D eigenvalue weighted by Crippen LogP contribution is 2.04. The topological polar surface area (TPSA) is 63.3 Å². The van der Waals surface area contributed by atoms with E-state index in [1.54, 1.807) is 0 Å². The highest BCUT2D eigenvalue weighted by Gasteiger charge is 2.17. The number of nitrogens with two attached hydrogens (primary N) is 1. The summed E-state index contributed by atoms with van der Waals surface area (Å²) in [4.78, 5) is 10.2. The van der Waals surface area contributed by atoms with Gasteiger partial charge in [0.05, 0.1) is 0 Å². The fourth-order valence-corrected chi connectivity index (χ4v) is 0.497. The average Bonchev–Trinajstić information content (AvgIpc) is 1.84. The SMILES string of the molecule is CC[C@H](C)[C@H](N)C(=O)O.Cl.Cl.Cl. The lowest BCUT2D eigenvalue weighted by Crippen LogP contribution is -2.36. The van der Waals surface area contributed by atoms with Gasteiger partial charge in [-0.05, 0) is 5.92 Å². The van der Waals surface area contributed by atoms with E-state index in [-0.39, 0.29) is 43.1 Å². The van der Waals surface area contributed by atoms with Crippen molar-refractivity contribution < 1.29 is 9.90 Å². The summed E-state index contributed by atoms with van der Waals surface area (Å²) in [7, 11) is 0. The number of carbonyl (C=O) groups is 1. The van der Waals surface area contributed by atoms with Crippen LogP contribution < -0.4 is 5.73 Å². The molecule has 3 nitrogen and oxygen atoms in total. The highest BCUT2D eigenvalue weighted by atomic mass is 35.5. The zero-order chi connectivity index (χ0) is 7.44. The minimum absolute atomic E-state index is 0. The van der Waals surface area contributed by atoms with E-state index < -0.39 is 12.0 Å². The summed E-state index contributed by atoms with van der Waals surface area (Å²) >= 11 is 0. The molecule has 2 atom stereocenters. The second kappa shape index (κ2) is 11.3. The minimum atomic E-state index is -0.913. The van der Waals surface area contributed by atoms with Gasteiger partial charge in [0, 0.05) is 0 Å². The van der Waals surface area contributed by atoms with Gasteiger partial charge in [-0.25, -0.2) is 0 Å². The van der Waals surface area contributed by atoms with Crippen LogP contribution in [-0.4, -0.2) is 17.1 Å². The van der Waals surface area contributed by atoms with Crippen molar-refractivity contribution in [2.24, 2.45) is 11.7 Å². The lowest BCUT2D eigenvalue weighted by molar-refractivity contribution is -0.139. The summed E-state index contributed by atoms with van der Waals surface area (Å²) < 4.78 is 0. The first-order chi connectivity index (χ1) is 4.09. The molecule has 0 aromatic heterocycles. The van der Waals surface area contributed by atoms with Crippen molar-refractivity contribution in [3.8, 4) is 0 Å². The maximum absolute atomic E-state index is 10.2. The Bertz CT molecular complexity index is 113. The van der Waals surface area contributed by atoms with Crippen molar-refractivity contribution in [3.05, 3.63) is 0 Å². The van der Waals surface area contributed by atoms with Crippen molar-refractivity contribution >= 4 is 43.2 Å². The summed E-state index contributed by atoms with van der Waals surface area (Å²) in [6.07, 6.45) is 0.813. The van der Waals surface area contributed by atoms with Gasteiger partial charge in [-0.1, -0.05) is 20.3 Å². The van der Waals surface area contributed by atoms with Crippen LogP contribution in [0.25, 0.3) is 0 Å². The number of rotatable bonds is 3. The molecule has 0 aromatic carbocycles. The first-order valence-corrected chi connectivity index (χ1v) is 3.08. The van der Waals surface area contributed by atoms with Crippen LogP contribution >= 0.6 is 37.2 Å². The van der Waals surface area contributed by atoms with Crippen LogP contribution in [0.1, 0.15) is 20.3 Å². The van der Waals surface area contributed by atoms with Gasteiger partial charge in [0.2, 0.25) is 0 Å². The van der Waals surface area contributed by atoms with E-state index >= 15 is 0 Å². The lowest BCUT2D eigenvalue weighted by Gasteiger charge is -2.11. The smallest absolute Gasteiger partial charge is 0.320 e. The number of carboxylic acids is 1. The molecule has 0 saturated carbocycles. The predicted octanol–water partition coefficient (Wildman–Crippen LogP) is 1.71. The van der Waals surface area contributed by atoms with E-state index in [1.807, 2.05) is 13.8 Å². The molecule has 0 radical (unpaired) electrons. The summed E-state index contributed by atoms with van der Waals surface area (Å²) in [6, 6.07) is -0.699. The predicted molar refractivity (Wildman–Crippen MR) is 56.8 cm³/mol. The largest absolute Gasteiger partial charge is 0.480 e. The van der Waals surface area contributed by atoms with Crippen molar-refractivity contribution in [1.82, 2.24) is 0 Å². The Morgan fingerprint density at radius 3 is 1.83 bits per heavy atom. The van der Waals surface area contributed by atoms with Gasteiger partial charge in [-0.3, -0.25) is 4.79 Å². The molecule has 0 fully saturated rings. The van der Waals surface area contributed by atoms with E-state index in [9.17, 15) is 4.79 Å². The molecule has 0 saturated heterocycles. The van der Waals surface area contributed by atoms with Crippen molar-refractivity contribution in [1.29, 1.82) is 0 Å². The number of halogens is 3. The van der Waals surface area contributed by atoms with E-state index in [0.717, 1.165) is 6.42 Å². The first-order valence-electron chi connectivity index (χ1n) is 3.08. The van der Waals surface area contributed by atoms with Crippen LogP contribution in [0.4, 0.5) is 0 Å². The van der Waals surface area contributed by atoms with E-state index in [1.165, 1.54) is 0 Å². The van der Waals surface area contributed by atoms with E-state index in [4.69, 9.17) is 10.8 Å². The van der Waals surface area contributed by atoms with Gasteiger partial charge >= 0.3 is 5.97 Å². The van der Waals surface area contributed by atoms with Crippen LogP contribution in [0.15, 0.2) is 0 Å². The van der Waals surface area contributed by atoms with Gasteiger partial charge in [-0.15, -0.1) is 37.2 Å². The molecule has 0 aliphatic carbocycles. The monoisotopic (exact) mass is 239 g/mol. The molecule has 0 heterocycles. The molecule has 0 aliphatic rings. The normalized spacial score (nSPS) is 12.6. The first kappa shape index (κ1) is 22.8. The second-order valence-electron chi connectivity index (χ2n) is 2.25. The third kappa shape index (κ3) is 8.40. The Hall–Kier alpha value is 0.300. The Balaban J connectivity index is -0.000000107. The Kier molecular flexibility index (Phi) is 21.5. The van der Waals surface area contributed by atoms with Gasteiger partial charge in [0.1, 0.15) is 6.04 Å². The van der Waals surface area contributed by atoms with Gasteiger partial charge < -0.3 is 10.8 Å². The maximum Gasteiger partial charge on any atom is 0.320 e. The fourth-order valence-electron chi connectivity index (χ4n) is 0.497. The number of aliphatic carboxylic acids is 1. The number of hydrogen-bond donors (Lipinski definition) is 2. The molecular weight excluding hydrogens is 224 g/mol. The summed E-state index contributed by atoms with van der Waals surface area (Å²) in [5.74, 6) is -0.841. The van der Waals surface area contributed by atoms with Crippen molar-refractivity contribution in [3.63, 3.8) is 0 Å². The van der Waals surface area contributed by atoms with Crippen LogP contribution in [-0.2, 0) is 4.79 Å². The Labute approximate surface area is 91.3 Å². The Morgan fingerprint density at radius 1 is 1.42 bits per heavy atom. The summed E-state index contributed by atoms with van der Waals surface area (Å²) in [5, 5.41) is 8.36. The fraction of sp³-hybridized carbons (Fsp3) is 0.833. The highest BCUT2D eigenvalue weighted by molar-refractivity contribution is 5.86. The summed E-state index contributed by atoms with van der Waals surface area (Å²) in [6.45, 7) is 3.76. The average molecular weight is 241 g/mol. The molecule has 0 rings (SSSR count). The third-order valence-electron chi connectivity index (χ3n) is 1.54. The standard InChI is InChI=1S/C6H13NO2.3ClH/c1-3-4(2)5(7)6(8)9;;;/h4-5H,3,7H2,1-2H3,(H,8,9);3*1H/t4-,5-;;;/m0.../s1. The summed E-state index contributed by atoms with van der Waals surface area (Å²) in [5.41, 5.74) is 5.27.